The van der Waals surface area contributed by atoms with Crippen LogP contribution in [0.15, 0.2) is 48.8 Å². The number of hydrogen-bond acceptors (Lipinski definition) is 7. The summed E-state index contributed by atoms with van der Waals surface area (Å²) in [5.41, 5.74) is 2.73. The molecule has 4 N–H and O–H groups in total. The lowest BCUT2D eigenvalue weighted by molar-refractivity contribution is 0.262. The first-order valence-corrected chi connectivity index (χ1v) is 8.07. The second kappa shape index (κ2) is 7.00. The van der Waals surface area contributed by atoms with E-state index in [0.29, 0.717) is 22.5 Å². The third-order valence-corrected chi connectivity index (χ3v) is 3.80. The number of carbonyl (C=O) groups excluding carboxylic acids is 1. The number of H-pyrrole nitrogens is 1. The Balaban J connectivity index is 1.56. The molecule has 2 amide bonds. The smallest absolute Gasteiger partial charge is 0.324 e. The molecule has 3 aromatic heterocycles. The van der Waals surface area contributed by atoms with Gasteiger partial charge in [-0.2, -0.15) is 10.4 Å². The van der Waals surface area contributed by atoms with Crippen molar-refractivity contribution in [3.8, 4) is 23.1 Å². The molecule has 4 rings (SSSR count). The second-order valence-electron chi connectivity index (χ2n) is 5.70. The summed E-state index contributed by atoms with van der Waals surface area (Å²) in [6, 6.07) is 11.0. The Kier molecular flexibility index (Phi) is 4.23. The number of nitrogens with zero attached hydrogens (tertiary/aromatic N) is 5. The summed E-state index contributed by atoms with van der Waals surface area (Å²) >= 11 is 0. The Hall–Kier alpha value is -4.52. The number of pyridine rings is 1. The average molecular weight is 372 g/mol. The molecule has 0 aliphatic carbocycles. The molecule has 0 saturated heterocycles. The first-order chi connectivity index (χ1) is 13.6. The number of urea groups is 1. The predicted molar refractivity (Wildman–Crippen MR) is 100 cm³/mol. The van der Waals surface area contributed by atoms with Gasteiger partial charge in [0.1, 0.15) is 17.5 Å². The summed E-state index contributed by atoms with van der Waals surface area (Å²) < 4.78 is 0. The number of amides is 2. The zero-order valence-corrected chi connectivity index (χ0v) is 14.2. The van der Waals surface area contributed by atoms with Crippen LogP contribution in [0.25, 0.3) is 22.4 Å². The number of carbonyl (C=O) groups is 1. The van der Waals surface area contributed by atoms with E-state index in [1.807, 2.05) is 6.07 Å². The van der Waals surface area contributed by atoms with Gasteiger partial charge in [0.2, 0.25) is 5.65 Å². The zero-order valence-electron chi connectivity index (χ0n) is 14.2. The average Bonchev–Trinajstić information content (AvgIpc) is 3.11. The molecule has 0 spiro atoms. The molecule has 0 unspecified atom stereocenters. The Morgan fingerprint density at radius 2 is 1.89 bits per heavy atom. The Morgan fingerprint density at radius 3 is 2.61 bits per heavy atom. The van der Waals surface area contributed by atoms with Crippen molar-refractivity contribution in [1.29, 1.82) is 5.26 Å². The predicted octanol–water partition coefficient (Wildman–Crippen LogP) is 2.64. The van der Waals surface area contributed by atoms with Crippen LogP contribution in [-0.2, 0) is 0 Å². The molecular formula is C18H12N8O2. The number of nitrogens with one attached hydrogen (secondary N) is 3. The molecule has 10 nitrogen and oxygen atoms in total. The van der Waals surface area contributed by atoms with E-state index in [1.54, 1.807) is 36.5 Å². The molecule has 10 heteroatoms. The van der Waals surface area contributed by atoms with Crippen LogP contribution in [-0.4, -0.2) is 36.3 Å². The van der Waals surface area contributed by atoms with Crippen LogP contribution in [0.4, 0.5) is 16.3 Å². The second-order valence-corrected chi connectivity index (χ2v) is 5.70. The van der Waals surface area contributed by atoms with Crippen LogP contribution in [0.3, 0.4) is 0 Å². The topological polar surface area (TPSA) is 152 Å². The van der Waals surface area contributed by atoms with Crippen molar-refractivity contribution in [2.45, 2.75) is 0 Å². The number of rotatable bonds is 3. The first kappa shape index (κ1) is 16.9. The number of phenols is 1. The van der Waals surface area contributed by atoms with E-state index in [9.17, 15) is 9.90 Å². The minimum Gasteiger partial charge on any atom is -0.508 e. The van der Waals surface area contributed by atoms with Crippen molar-refractivity contribution in [1.82, 2.24) is 25.1 Å². The van der Waals surface area contributed by atoms with Crippen LogP contribution in [0.1, 0.15) is 5.69 Å². The summed E-state index contributed by atoms with van der Waals surface area (Å²) in [4.78, 5) is 24.8. The molecule has 0 radical (unpaired) electrons. The van der Waals surface area contributed by atoms with Crippen LogP contribution < -0.4 is 10.6 Å². The van der Waals surface area contributed by atoms with Gasteiger partial charge >= 0.3 is 6.03 Å². The molecule has 4 aromatic rings. The van der Waals surface area contributed by atoms with E-state index >= 15 is 0 Å². The molecule has 28 heavy (non-hydrogen) atoms. The summed E-state index contributed by atoms with van der Waals surface area (Å²) in [5.74, 6) is 0.430. The van der Waals surface area contributed by atoms with E-state index in [1.165, 1.54) is 12.3 Å². The number of hydrogen-bond donors (Lipinski definition) is 4. The van der Waals surface area contributed by atoms with Crippen LogP contribution in [0, 0.1) is 11.3 Å². The highest BCUT2D eigenvalue weighted by atomic mass is 16.3. The molecule has 0 saturated carbocycles. The molecule has 136 valence electrons. The van der Waals surface area contributed by atoms with Crippen molar-refractivity contribution in [2.24, 2.45) is 0 Å². The number of anilines is 2. The highest BCUT2D eigenvalue weighted by molar-refractivity contribution is 6.03. The molecule has 0 aliphatic heterocycles. The fourth-order valence-corrected chi connectivity index (χ4v) is 2.46. The standard InChI is InChI=1S/C18H12N8O2/c19-7-11-3-4-12(8-20-11)22-18(28)24-17-15-16(25-26-17)21-9-14(23-15)10-1-5-13(27)6-2-10/h1-6,8-9,27H,(H3,21,22,24,25,26,28). The minimum absolute atomic E-state index is 0.150. The van der Waals surface area contributed by atoms with E-state index in [0.717, 1.165) is 5.56 Å². The maximum absolute atomic E-state index is 12.2. The molecule has 3 heterocycles. The van der Waals surface area contributed by atoms with Crippen LogP contribution >= 0.6 is 0 Å². The van der Waals surface area contributed by atoms with Crippen LogP contribution in [0.2, 0.25) is 0 Å². The molecular weight excluding hydrogens is 360 g/mol. The van der Waals surface area contributed by atoms with Gasteiger partial charge < -0.3 is 10.4 Å². The van der Waals surface area contributed by atoms with E-state index in [4.69, 9.17) is 5.26 Å². The molecule has 0 bridgehead atoms. The summed E-state index contributed by atoms with van der Waals surface area (Å²) in [6.45, 7) is 0. The molecule has 0 atom stereocenters. The normalized spacial score (nSPS) is 10.4. The van der Waals surface area contributed by atoms with Crippen molar-refractivity contribution >= 4 is 28.7 Å². The lowest BCUT2D eigenvalue weighted by Gasteiger charge is -2.06. The third kappa shape index (κ3) is 3.40. The number of fused-ring (bicyclic) bond motifs is 1. The van der Waals surface area contributed by atoms with E-state index in [2.05, 4.69) is 35.8 Å². The highest BCUT2D eigenvalue weighted by Gasteiger charge is 2.13. The third-order valence-electron chi connectivity index (χ3n) is 3.80. The fraction of sp³-hybridized carbons (Fsp3) is 0. The summed E-state index contributed by atoms with van der Waals surface area (Å²) in [7, 11) is 0. The van der Waals surface area contributed by atoms with Gasteiger partial charge in [-0.3, -0.25) is 10.4 Å². The Morgan fingerprint density at radius 1 is 1.07 bits per heavy atom. The summed E-state index contributed by atoms with van der Waals surface area (Å²) in [5, 5.41) is 30.1. The number of aromatic amines is 1. The van der Waals surface area contributed by atoms with Gasteiger partial charge in [0.15, 0.2) is 11.3 Å². The first-order valence-electron chi connectivity index (χ1n) is 8.07. The Labute approximate surface area is 157 Å². The van der Waals surface area contributed by atoms with Crippen molar-refractivity contribution in [3.05, 3.63) is 54.5 Å². The maximum atomic E-state index is 12.2. The zero-order chi connectivity index (χ0) is 19.5. The number of aromatic nitrogens is 5. The van der Waals surface area contributed by atoms with Crippen molar-refractivity contribution in [3.63, 3.8) is 0 Å². The van der Waals surface area contributed by atoms with E-state index < -0.39 is 6.03 Å². The van der Waals surface area contributed by atoms with Gasteiger partial charge in [0.25, 0.3) is 0 Å². The Bertz CT molecular complexity index is 1190. The van der Waals surface area contributed by atoms with Gasteiger partial charge in [-0.15, -0.1) is 0 Å². The number of benzene rings is 1. The number of nitriles is 1. The largest absolute Gasteiger partial charge is 0.508 e. The van der Waals surface area contributed by atoms with Gasteiger partial charge in [-0.1, -0.05) is 0 Å². The van der Waals surface area contributed by atoms with Crippen molar-refractivity contribution in [2.75, 3.05) is 10.6 Å². The van der Waals surface area contributed by atoms with Crippen molar-refractivity contribution < 1.29 is 9.90 Å². The minimum atomic E-state index is -0.533. The monoisotopic (exact) mass is 372 g/mol. The lowest BCUT2D eigenvalue weighted by Crippen LogP contribution is -2.20. The van der Waals surface area contributed by atoms with E-state index in [-0.39, 0.29) is 17.3 Å². The lowest BCUT2D eigenvalue weighted by atomic mass is 10.1. The number of phenolic OH excluding ortho intramolecular Hbond substituents is 1. The van der Waals surface area contributed by atoms with Crippen LogP contribution in [0.5, 0.6) is 5.75 Å². The molecule has 0 fully saturated rings. The fourth-order valence-electron chi connectivity index (χ4n) is 2.46. The van der Waals surface area contributed by atoms with Gasteiger partial charge in [0.05, 0.1) is 23.8 Å². The van der Waals surface area contributed by atoms with Gasteiger partial charge in [-0.05, 0) is 36.4 Å². The quantitative estimate of drug-likeness (QED) is 0.431. The summed E-state index contributed by atoms with van der Waals surface area (Å²) in [6.07, 6.45) is 2.94. The SMILES string of the molecule is N#Cc1ccc(NC(=O)Nc2[nH]nc3ncc(-c4ccc(O)cc4)nc23)cn1. The molecule has 1 aromatic carbocycles. The van der Waals surface area contributed by atoms with Gasteiger partial charge in [-0.25, -0.2) is 19.7 Å². The van der Waals surface area contributed by atoms with Gasteiger partial charge in [0, 0.05) is 5.56 Å². The molecule has 0 aliphatic rings. The maximum Gasteiger partial charge on any atom is 0.324 e. The highest BCUT2D eigenvalue weighted by Crippen LogP contribution is 2.23. The number of aromatic hydroxyl groups is 1.